The molecule has 0 aliphatic carbocycles. The zero-order valence-corrected chi connectivity index (χ0v) is 12.5. The molecule has 3 nitrogen and oxygen atoms in total. The molecule has 112 valence electrons. The quantitative estimate of drug-likeness (QED) is 0.888. The Morgan fingerprint density at radius 1 is 1.10 bits per heavy atom. The van der Waals surface area contributed by atoms with Gasteiger partial charge >= 0.3 is 0 Å². The first kappa shape index (κ1) is 15.3. The molecule has 0 unspecified atom stereocenters. The van der Waals surface area contributed by atoms with Crippen LogP contribution >= 0.6 is 0 Å². The Morgan fingerprint density at radius 3 is 2.43 bits per heavy atom. The van der Waals surface area contributed by atoms with Crippen LogP contribution in [0.25, 0.3) is 0 Å². The van der Waals surface area contributed by atoms with E-state index in [-0.39, 0.29) is 5.82 Å². The molecule has 4 heteroatoms. The van der Waals surface area contributed by atoms with Gasteiger partial charge in [-0.25, -0.2) is 4.39 Å². The third-order valence-electron chi connectivity index (χ3n) is 3.39. The van der Waals surface area contributed by atoms with Gasteiger partial charge in [0.15, 0.2) is 0 Å². The molecule has 2 aromatic carbocycles. The number of methoxy groups -OCH3 is 1. The number of nitrogens with zero attached hydrogens (tertiary/aromatic N) is 1. The van der Waals surface area contributed by atoms with E-state index in [1.807, 2.05) is 42.3 Å². The third kappa shape index (κ3) is 4.20. The van der Waals surface area contributed by atoms with Crippen molar-refractivity contribution < 1.29 is 9.13 Å². The highest BCUT2D eigenvalue weighted by atomic mass is 19.1. The van der Waals surface area contributed by atoms with Crippen molar-refractivity contribution in [2.75, 3.05) is 25.6 Å². The smallest absolute Gasteiger partial charge is 0.125 e. The van der Waals surface area contributed by atoms with E-state index in [4.69, 9.17) is 10.5 Å². The maximum atomic E-state index is 13.7. The molecule has 0 spiro atoms. The lowest BCUT2D eigenvalue weighted by Gasteiger charge is -2.20. The molecule has 0 aliphatic heterocycles. The number of benzene rings is 2. The monoisotopic (exact) mass is 288 g/mol. The highest BCUT2D eigenvalue weighted by Crippen LogP contribution is 2.20. The van der Waals surface area contributed by atoms with Gasteiger partial charge in [-0.2, -0.15) is 0 Å². The molecule has 0 atom stereocenters. The Hall–Kier alpha value is -2.07. The molecule has 2 aromatic rings. The van der Waals surface area contributed by atoms with Gasteiger partial charge in [-0.1, -0.05) is 12.1 Å². The summed E-state index contributed by atoms with van der Waals surface area (Å²) in [5.74, 6) is 0.606. The molecule has 2 N–H and O–H groups in total. The zero-order chi connectivity index (χ0) is 15.2. The third-order valence-corrected chi connectivity index (χ3v) is 3.39. The first-order chi connectivity index (χ1) is 10.1. The van der Waals surface area contributed by atoms with Gasteiger partial charge in [0.1, 0.15) is 11.6 Å². The van der Waals surface area contributed by atoms with E-state index in [9.17, 15) is 4.39 Å². The molecule has 0 bridgehead atoms. The Morgan fingerprint density at radius 2 is 1.81 bits per heavy atom. The van der Waals surface area contributed by atoms with Crippen LogP contribution in [0.3, 0.4) is 0 Å². The Bertz CT molecular complexity index is 584. The molecule has 0 heterocycles. The second kappa shape index (κ2) is 7.09. The molecular weight excluding hydrogens is 267 g/mol. The van der Waals surface area contributed by atoms with Crippen molar-refractivity contribution in [3.63, 3.8) is 0 Å². The lowest BCUT2D eigenvalue weighted by Crippen LogP contribution is -2.17. The first-order valence-corrected chi connectivity index (χ1v) is 6.96. The van der Waals surface area contributed by atoms with Crippen LogP contribution in [0.15, 0.2) is 42.5 Å². The molecule has 21 heavy (non-hydrogen) atoms. The SMILES string of the molecule is COc1ccc(CN(C)c2cc(F)cc(CCN)c2)cc1. The van der Waals surface area contributed by atoms with Crippen molar-refractivity contribution in [3.05, 3.63) is 59.4 Å². The molecule has 0 saturated carbocycles. The molecule has 0 radical (unpaired) electrons. The minimum absolute atomic E-state index is 0.225. The van der Waals surface area contributed by atoms with Crippen LogP contribution < -0.4 is 15.4 Å². The molecule has 0 aliphatic rings. The van der Waals surface area contributed by atoms with E-state index in [0.29, 0.717) is 19.5 Å². The van der Waals surface area contributed by atoms with Crippen LogP contribution in [0.2, 0.25) is 0 Å². The van der Waals surface area contributed by atoms with E-state index in [0.717, 1.165) is 22.6 Å². The minimum atomic E-state index is -0.225. The summed E-state index contributed by atoms with van der Waals surface area (Å²) in [6, 6.07) is 12.9. The van der Waals surface area contributed by atoms with E-state index < -0.39 is 0 Å². The van der Waals surface area contributed by atoms with Crippen molar-refractivity contribution in [1.29, 1.82) is 0 Å². The summed E-state index contributed by atoms with van der Waals surface area (Å²) in [6.07, 6.45) is 0.682. The maximum Gasteiger partial charge on any atom is 0.125 e. The summed E-state index contributed by atoms with van der Waals surface area (Å²) in [5, 5.41) is 0. The highest BCUT2D eigenvalue weighted by molar-refractivity contribution is 5.49. The van der Waals surface area contributed by atoms with Gasteiger partial charge in [0.25, 0.3) is 0 Å². The van der Waals surface area contributed by atoms with Crippen molar-refractivity contribution in [2.24, 2.45) is 5.73 Å². The molecule has 0 aromatic heterocycles. The van der Waals surface area contributed by atoms with Crippen molar-refractivity contribution in [2.45, 2.75) is 13.0 Å². The lowest BCUT2D eigenvalue weighted by atomic mass is 10.1. The fourth-order valence-corrected chi connectivity index (χ4v) is 2.26. The van der Waals surface area contributed by atoms with Crippen LogP contribution in [0, 0.1) is 5.82 Å². The average Bonchev–Trinajstić information content (AvgIpc) is 2.48. The summed E-state index contributed by atoms with van der Waals surface area (Å²) >= 11 is 0. The lowest BCUT2D eigenvalue weighted by molar-refractivity contribution is 0.414. The van der Waals surface area contributed by atoms with Crippen molar-refractivity contribution in [3.8, 4) is 5.75 Å². The largest absolute Gasteiger partial charge is 0.497 e. The van der Waals surface area contributed by atoms with Gasteiger partial charge in [0.05, 0.1) is 7.11 Å². The standard InChI is InChI=1S/C17H21FN2O/c1-20(12-13-3-5-17(21-2)6-4-13)16-10-14(7-8-19)9-15(18)11-16/h3-6,9-11H,7-8,12,19H2,1-2H3. The molecule has 2 rings (SSSR count). The van der Waals surface area contributed by atoms with Crippen LogP contribution in [0.4, 0.5) is 10.1 Å². The number of rotatable bonds is 6. The fourth-order valence-electron chi connectivity index (χ4n) is 2.26. The summed E-state index contributed by atoms with van der Waals surface area (Å²) in [6.45, 7) is 1.22. The average molecular weight is 288 g/mol. The Labute approximate surface area is 125 Å². The summed E-state index contributed by atoms with van der Waals surface area (Å²) < 4.78 is 18.8. The molecule has 0 saturated heterocycles. The Balaban J connectivity index is 2.13. The summed E-state index contributed by atoms with van der Waals surface area (Å²) in [7, 11) is 3.60. The van der Waals surface area contributed by atoms with E-state index >= 15 is 0 Å². The van der Waals surface area contributed by atoms with Crippen LogP contribution in [-0.4, -0.2) is 20.7 Å². The number of anilines is 1. The predicted molar refractivity (Wildman–Crippen MR) is 84.3 cm³/mol. The molecule has 0 amide bonds. The topological polar surface area (TPSA) is 38.5 Å². The fraction of sp³-hybridized carbons (Fsp3) is 0.294. The van der Waals surface area contributed by atoms with Crippen molar-refractivity contribution in [1.82, 2.24) is 0 Å². The molecular formula is C17H21FN2O. The summed E-state index contributed by atoms with van der Waals surface area (Å²) in [5.41, 5.74) is 8.46. The van der Waals surface area contributed by atoms with Gasteiger partial charge in [-0.05, 0) is 54.4 Å². The van der Waals surface area contributed by atoms with E-state index in [2.05, 4.69) is 0 Å². The normalized spacial score (nSPS) is 10.5. The highest BCUT2D eigenvalue weighted by Gasteiger charge is 2.06. The van der Waals surface area contributed by atoms with E-state index in [1.54, 1.807) is 13.2 Å². The number of halogens is 1. The van der Waals surface area contributed by atoms with Crippen LogP contribution in [-0.2, 0) is 13.0 Å². The number of nitrogens with two attached hydrogens (primary N) is 1. The number of hydrogen-bond acceptors (Lipinski definition) is 3. The number of ether oxygens (including phenoxy) is 1. The minimum Gasteiger partial charge on any atom is -0.497 e. The van der Waals surface area contributed by atoms with Gasteiger partial charge < -0.3 is 15.4 Å². The maximum absolute atomic E-state index is 13.7. The van der Waals surface area contributed by atoms with Gasteiger partial charge in [0, 0.05) is 19.3 Å². The molecule has 0 fully saturated rings. The Kier molecular flexibility index (Phi) is 5.17. The number of hydrogen-bond donors (Lipinski definition) is 1. The zero-order valence-electron chi connectivity index (χ0n) is 12.5. The van der Waals surface area contributed by atoms with Gasteiger partial charge in [-0.15, -0.1) is 0 Å². The van der Waals surface area contributed by atoms with Crippen LogP contribution in [0.1, 0.15) is 11.1 Å². The van der Waals surface area contributed by atoms with Crippen molar-refractivity contribution >= 4 is 5.69 Å². The first-order valence-electron chi connectivity index (χ1n) is 6.96. The van der Waals surface area contributed by atoms with Crippen LogP contribution in [0.5, 0.6) is 5.75 Å². The second-order valence-electron chi connectivity index (χ2n) is 5.06. The van der Waals surface area contributed by atoms with Gasteiger partial charge in [-0.3, -0.25) is 0 Å². The predicted octanol–water partition coefficient (Wildman–Crippen LogP) is 2.97. The second-order valence-corrected chi connectivity index (χ2v) is 5.06. The van der Waals surface area contributed by atoms with Gasteiger partial charge in [0.2, 0.25) is 0 Å². The van der Waals surface area contributed by atoms with E-state index in [1.165, 1.54) is 6.07 Å². The summed E-state index contributed by atoms with van der Waals surface area (Å²) in [4.78, 5) is 2.02.